The molecule has 0 unspecified atom stereocenters. The van der Waals surface area contributed by atoms with Crippen molar-refractivity contribution < 1.29 is 23.5 Å². The van der Waals surface area contributed by atoms with Gasteiger partial charge in [0.2, 0.25) is 0 Å². The van der Waals surface area contributed by atoms with E-state index >= 15 is 0 Å². The summed E-state index contributed by atoms with van der Waals surface area (Å²) in [6.45, 7) is -0.290. The van der Waals surface area contributed by atoms with Gasteiger partial charge in [-0.1, -0.05) is 18.2 Å². The Balaban J connectivity index is 1.44. The number of halogens is 1. The summed E-state index contributed by atoms with van der Waals surface area (Å²) in [6, 6.07) is 20.1. The molecule has 8 heteroatoms. The highest BCUT2D eigenvalue weighted by molar-refractivity contribution is 5.96. The molecule has 3 rings (SSSR count). The van der Waals surface area contributed by atoms with Crippen molar-refractivity contribution in [1.29, 1.82) is 0 Å². The molecule has 3 aromatic carbocycles. The second-order valence-corrected chi connectivity index (χ2v) is 6.31. The highest BCUT2D eigenvalue weighted by Gasteiger charge is 2.08. The van der Waals surface area contributed by atoms with Crippen molar-refractivity contribution in [1.82, 2.24) is 10.7 Å². The number of hydrogen-bond donors (Lipinski definition) is 2. The largest absolute Gasteiger partial charge is 0.423 e. The number of ether oxygens (including phenoxy) is 1. The summed E-state index contributed by atoms with van der Waals surface area (Å²) in [5, 5.41) is 6.22. The molecule has 31 heavy (non-hydrogen) atoms. The smallest absolute Gasteiger partial charge is 0.343 e. The summed E-state index contributed by atoms with van der Waals surface area (Å²) in [5.41, 5.74) is 3.64. The molecular weight excluding hydrogens is 401 g/mol. The van der Waals surface area contributed by atoms with E-state index in [1.165, 1.54) is 18.3 Å². The third-order valence-electron chi connectivity index (χ3n) is 4.02. The summed E-state index contributed by atoms with van der Waals surface area (Å²) < 4.78 is 18.1. The van der Waals surface area contributed by atoms with Gasteiger partial charge >= 0.3 is 5.97 Å². The van der Waals surface area contributed by atoms with Crippen LogP contribution in [0.1, 0.15) is 26.3 Å². The normalized spacial score (nSPS) is 10.5. The molecule has 0 saturated heterocycles. The van der Waals surface area contributed by atoms with Crippen molar-refractivity contribution in [2.24, 2.45) is 5.10 Å². The third-order valence-corrected chi connectivity index (χ3v) is 4.02. The minimum atomic E-state index is -0.528. The number of carbonyl (C=O) groups is 3. The van der Waals surface area contributed by atoms with Crippen molar-refractivity contribution in [2.45, 2.75) is 0 Å². The number of benzene rings is 3. The van der Waals surface area contributed by atoms with Crippen LogP contribution < -0.4 is 15.5 Å². The zero-order valence-corrected chi connectivity index (χ0v) is 16.2. The van der Waals surface area contributed by atoms with Crippen LogP contribution in [-0.2, 0) is 4.79 Å². The van der Waals surface area contributed by atoms with Crippen LogP contribution in [0.15, 0.2) is 84.0 Å². The maximum atomic E-state index is 12.9. The first-order valence-corrected chi connectivity index (χ1v) is 9.24. The van der Waals surface area contributed by atoms with E-state index in [0.717, 1.165) is 12.1 Å². The highest BCUT2D eigenvalue weighted by atomic mass is 19.1. The van der Waals surface area contributed by atoms with Crippen LogP contribution >= 0.6 is 0 Å². The van der Waals surface area contributed by atoms with Crippen LogP contribution in [0.5, 0.6) is 5.75 Å². The zero-order chi connectivity index (χ0) is 22.1. The summed E-state index contributed by atoms with van der Waals surface area (Å²) in [6.07, 6.45) is 1.41. The van der Waals surface area contributed by atoms with E-state index in [1.54, 1.807) is 48.5 Å². The first kappa shape index (κ1) is 21.4. The van der Waals surface area contributed by atoms with Crippen LogP contribution in [0, 0.1) is 5.82 Å². The molecule has 0 saturated carbocycles. The summed E-state index contributed by atoms with van der Waals surface area (Å²) in [7, 11) is 0. The standard InChI is InChI=1S/C23H18FN3O4/c24-19-10-8-17(9-11-19)22(29)25-15-21(28)27-26-14-16-6-12-20(13-7-16)31-23(30)18-4-2-1-3-5-18/h1-14H,15H2,(H,25,29)(H,27,28)/b26-14+. The lowest BCUT2D eigenvalue weighted by Gasteiger charge is -2.05. The first-order chi connectivity index (χ1) is 15.0. The van der Waals surface area contributed by atoms with E-state index in [4.69, 9.17) is 4.74 Å². The van der Waals surface area contributed by atoms with E-state index in [1.807, 2.05) is 6.07 Å². The van der Waals surface area contributed by atoms with Crippen molar-refractivity contribution >= 4 is 24.0 Å². The quantitative estimate of drug-likeness (QED) is 0.266. The maximum absolute atomic E-state index is 12.9. The molecule has 0 aromatic heterocycles. The molecule has 3 aromatic rings. The molecule has 0 fully saturated rings. The van der Waals surface area contributed by atoms with Gasteiger partial charge in [0, 0.05) is 5.56 Å². The van der Waals surface area contributed by atoms with E-state index in [0.29, 0.717) is 16.9 Å². The van der Waals surface area contributed by atoms with E-state index < -0.39 is 23.6 Å². The minimum absolute atomic E-state index is 0.241. The molecule has 2 N–H and O–H groups in total. The van der Waals surface area contributed by atoms with Gasteiger partial charge in [-0.3, -0.25) is 9.59 Å². The van der Waals surface area contributed by atoms with Crippen LogP contribution in [0.3, 0.4) is 0 Å². The fourth-order valence-corrected chi connectivity index (χ4v) is 2.44. The van der Waals surface area contributed by atoms with E-state index in [9.17, 15) is 18.8 Å². The average molecular weight is 419 g/mol. The molecule has 0 aliphatic carbocycles. The maximum Gasteiger partial charge on any atom is 0.343 e. The Morgan fingerprint density at radius 2 is 1.55 bits per heavy atom. The van der Waals surface area contributed by atoms with Gasteiger partial charge in [-0.2, -0.15) is 5.10 Å². The van der Waals surface area contributed by atoms with Crippen molar-refractivity contribution in [3.63, 3.8) is 0 Å². The fourth-order valence-electron chi connectivity index (χ4n) is 2.44. The van der Waals surface area contributed by atoms with Gasteiger partial charge in [0.05, 0.1) is 18.3 Å². The van der Waals surface area contributed by atoms with Crippen molar-refractivity contribution in [2.75, 3.05) is 6.54 Å². The first-order valence-electron chi connectivity index (χ1n) is 9.24. The SMILES string of the molecule is O=C(CNC(=O)c1ccc(F)cc1)N/N=C/c1ccc(OC(=O)c2ccccc2)cc1. The number of esters is 1. The average Bonchev–Trinajstić information content (AvgIpc) is 2.79. The Labute approximate surface area is 177 Å². The molecular formula is C23H18FN3O4. The second-order valence-electron chi connectivity index (χ2n) is 6.31. The Bertz CT molecular complexity index is 1080. The van der Waals surface area contributed by atoms with Crippen molar-refractivity contribution in [3.8, 4) is 5.75 Å². The van der Waals surface area contributed by atoms with Gasteiger partial charge in [-0.15, -0.1) is 0 Å². The lowest BCUT2D eigenvalue weighted by molar-refractivity contribution is -0.120. The van der Waals surface area contributed by atoms with Gasteiger partial charge in [-0.05, 0) is 66.2 Å². The van der Waals surface area contributed by atoms with Gasteiger partial charge < -0.3 is 10.1 Å². The van der Waals surface area contributed by atoms with Gasteiger partial charge in [0.1, 0.15) is 11.6 Å². The zero-order valence-electron chi connectivity index (χ0n) is 16.2. The Kier molecular flexibility index (Phi) is 7.21. The van der Waals surface area contributed by atoms with E-state index in [2.05, 4.69) is 15.8 Å². The highest BCUT2D eigenvalue weighted by Crippen LogP contribution is 2.13. The lowest BCUT2D eigenvalue weighted by atomic mass is 10.2. The molecule has 0 spiro atoms. The van der Waals surface area contributed by atoms with Crippen LogP contribution in [0.25, 0.3) is 0 Å². The number of rotatable bonds is 7. The van der Waals surface area contributed by atoms with Crippen LogP contribution in [0.2, 0.25) is 0 Å². The lowest BCUT2D eigenvalue weighted by Crippen LogP contribution is -2.34. The molecule has 0 aliphatic rings. The number of hydrazone groups is 1. The molecule has 0 heterocycles. The predicted molar refractivity (Wildman–Crippen MR) is 112 cm³/mol. The number of nitrogens with zero attached hydrogens (tertiary/aromatic N) is 1. The van der Waals surface area contributed by atoms with Crippen molar-refractivity contribution in [3.05, 3.63) is 101 Å². The molecule has 2 amide bonds. The Morgan fingerprint density at radius 3 is 2.23 bits per heavy atom. The molecule has 0 atom stereocenters. The van der Waals surface area contributed by atoms with Crippen LogP contribution in [-0.4, -0.2) is 30.5 Å². The molecule has 156 valence electrons. The second kappa shape index (κ2) is 10.4. The number of amides is 2. The number of hydrogen-bond acceptors (Lipinski definition) is 5. The Morgan fingerprint density at radius 1 is 0.871 bits per heavy atom. The summed E-state index contributed by atoms with van der Waals surface area (Å²) >= 11 is 0. The fraction of sp³-hybridized carbons (Fsp3) is 0.0435. The summed E-state index contributed by atoms with van der Waals surface area (Å²) in [5.74, 6) is -1.57. The van der Waals surface area contributed by atoms with Crippen LogP contribution in [0.4, 0.5) is 4.39 Å². The number of nitrogens with one attached hydrogen (secondary N) is 2. The van der Waals surface area contributed by atoms with Gasteiger partial charge in [0.15, 0.2) is 0 Å². The molecule has 0 bridgehead atoms. The molecule has 0 radical (unpaired) electrons. The predicted octanol–water partition coefficient (Wildman–Crippen LogP) is 2.93. The third kappa shape index (κ3) is 6.60. The monoisotopic (exact) mass is 419 g/mol. The molecule has 7 nitrogen and oxygen atoms in total. The minimum Gasteiger partial charge on any atom is -0.423 e. The van der Waals surface area contributed by atoms with E-state index in [-0.39, 0.29) is 12.1 Å². The van der Waals surface area contributed by atoms with Gasteiger partial charge in [0.25, 0.3) is 11.8 Å². The topological polar surface area (TPSA) is 96.9 Å². The molecule has 0 aliphatic heterocycles. The Hall–Kier alpha value is -4.33. The van der Waals surface area contributed by atoms with Gasteiger partial charge in [-0.25, -0.2) is 14.6 Å². The summed E-state index contributed by atoms with van der Waals surface area (Å²) in [4.78, 5) is 35.7. The number of carbonyl (C=O) groups excluding carboxylic acids is 3.